The number of aromatic nitrogens is 1. The lowest BCUT2D eigenvalue weighted by Gasteiger charge is -2.35. The molecular weight excluding hydrogens is 216 g/mol. The minimum Gasteiger partial charge on any atom is -0.303 e. The van der Waals surface area contributed by atoms with Crippen molar-refractivity contribution in [3.63, 3.8) is 0 Å². The van der Waals surface area contributed by atoms with E-state index in [1.54, 1.807) is 11.3 Å². The van der Waals surface area contributed by atoms with Gasteiger partial charge in [0.1, 0.15) is 5.01 Å². The van der Waals surface area contributed by atoms with E-state index in [4.69, 9.17) is 0 Å². The van der Waals surface area contributed by atoms with Gasteiger partial charge in [0.25, 0.3) is 0 Å². The van der Waals surface area contributed by atoms with Crippen LogP contribution in [0.4, 0.5) is 0 Å². The van der Waals surface area contributed by atoms with E-state index in [0.717, 1.165) is 6.42 Å². The highest BCUT2D eigenvalue weighted by atomic mass is 32.1. The van der Waals surface area contributed by atoms with Gasteiger partial charge < -0.3 is 5.32 Å². The van der Waals surface area contributed by atoms with Crippen LogP contribution in [0.3, 0.4) is 0 Å². The molecule has 1 aromatic rings. The maximum absolute atomic E-state index is 4.35. The molecule has 0 radical (unpaired) electrons. The van der Waals surface area contributed by atoms with Crippen LogP contribution in [0.15, 0.2) is 11.6 Å². The Bertz CT molecular complexity index is 309. The van der Waals surface area contributed by atoms with Crippen LogP contribution < -0.4 is 5.32 Å². The first-order valence-electron chi connectivity index (χ1n) is 5.87. The average Bonchev–Trinajstić information content (AvgIpc) is 2.48. The van der Waals surface area contributed by atoms with E-state index in [-0.39, 0.29) is 5.54 Å². The summed E-state index contributed by atoms with van der Waals surface area (Å²) in [5.74, 6) is 0. The van der Waals surface area contributed by atoms with Gasteiger partial charge in [-0.15, -0.1) is 11.3 Å². The van der Waals surface area contributed by atoms with Gasteiger partial charge in [-0.05, 0) is 32.6 Å². The second-order valence-electron chi connectivity index (χ2n) is 6.36. The predicted molar refractivity (Wildman–Crippen MR) is 71.8 cm³/mol. The Kier molecular flexibility index (Phi) is 4.13. The molecule has 1 heterocycles. The molecule has 0 aliphatic heterocycles. The number of hydrogen-bond acceptors (Lipinski definition) is 3. The van der Waals surface area contributed by atoms with E-state index in [1.165, 1.54) is 5.01 Å². The van der Waals surface area contributed by atoms with E-state index in [2.05, 4.69) is 51.8 Å². The lowest BCUT2D eigenvalue weighted by Crippen LogP contribution is -2.43. The van der Waals surface area contributed by atoms with Crippen LogP contribution in [-0.2, 0) is 0 Å². The maximum atomic E-state index is 4.35. The Balaban J connectivity index is 2.59. The molecule has 0 amide bonds. The minimum absolute atomic E-state index is 0.142. The van der Waals surface area contributed by atoms with E-state index < -0.39 is 0 Å². The second kappa shape index (κ2) is 4.84. The van der Waals surface area contributed by atoms with E-state index in [9.17, 15) is 0 Å². The summed E-state index contributed by atoms with van der Waals surface area (Å²) in [5, 5.41) is 6.86. The van der Waals surface area contributed by atoms with Gasteiger partial charge in [-0.1, -0.05) is 20.8 Å². The molecule has 0 aliphatic rings. The van der Waals surface area contributed by atoms with Gasteiger partial charge in [0.05, 0.1) is 6.04 Å². The van der Waals surface area contributed by atoms with Crippen LogP contribution in [0.5, 0.6) is 0 Å². The van der Waals surface area contributed by atoms with Gasteiger partial charge >= 0.3 is 0 Å². The molecule has 0 saturated heterocycles. The van der Waals surface area contributed by atoms with Crippen LogP contribution in [0.25, 0.3) is 0 Å². The Morgan fingerprint density at radius 1 is 1.31 bits per heavy atom. The topological polar surface area (TPSA) is 24.9 Å². The highest BCUT2D eigenvalue weighted by Gasteiger charge is 2.27. The first-order chi connectivity index (χ1) is 7.20. The van der Waals surface area contributed by atoms with Gasteiger partial charge in [0.2, 0.25) is 0 Å². The highest BCUT2D eigenvalue weighted by molar-refractivity contribution is 7.09. The maximum Gasteiger partial charge on any atom is 0.109 e. The second-order valence-corrected chi connectivity index (χ2v) is 7.28. The number of rotatable bonds is 4. The van der Waals surface area contributed by atoms with Crippen molar-refractivity contribution in [3.8, 4) is 0 Å². The normalized spacial score (nSPS) is 15.1. The summed E-state index contributed by atoms with van der Waals surface area (Å²) < 4.78 is 0. The predicted octanol–water partition coefficient (Wildman–Crippen LogP) is 4.01. The zero-order chi connectivity index (χ0) is 12.4. The lowest BCUT2D eigenvalue weighted by molar-refractivity contribution is 0.226. The van der Waals surface area contributed by atoms with Gasteiger partial charge in [-0.2, -0.15) is 0 Å². The summed E-state index contributed by atoms with van der Waals surface area (Å²) in [6, 6.07) is 0.331. The first-order valence-corrected chi connectivity index (χ1v) is 6.75. The Hall–Kier alpha value is -0.410. The minimum atomic E-state index is 0.142. The summed E-state index contributed by atoms with van der Waals surface area (Å²) >= 11 is 1.72. The number of nitrogens with one attached hydrogen (secondary N) is 1. The molecule has 16 heavy (non-hydrogen) atoms. The lowest BCUT2D eigenvalue weighted by atomic mass is 9.81. The van der Waals surface area contributed by atoms with Crippen LogP contribution in [-0.4, -0.2) is 10.5 Å². The molecule has 0 aromatic carbocycles. The van der Waals surface area contributed by atoms with Crippen molar-refractivity contribution in [1.29, 1.82) is 0 Å². The molecule has 1 aromatic heterocycles. The fraction of sp³-hybridized carbons (Fsp3) is 0.769. The van der Waals surface area contributed by atoms with Crippen molar-refractivity contribution >= 4 is 11.3 Å². The highest BCUT2D eigenvalue weighted by Crippen LogP contribution is 2.29. The molecule has 2 nitrogen and oxygen atoms in total. The molecular formula is C13H24N2S. The van der Waals surface area contributed by atoms with Crippen LogP contribution in [0.2, 0.25) is 0 Å². The standard InChI is InChI=1S/C13H24N2S/c1-10(11-14-7-8-16-11)15-13(5,6)9-12(2,3)4/h7-8,10,15H,9H2,1-6H3. The molecule has 92 valence electrons. The Morgan fingerprint density at radius 3 is 2.38 bits per heavy atom. The van der Waals surface area contributed by atoms with Crippen molar-refractivity contribution in [2.45, 2.75) is 59.5 Å². The summed E-state index contributed by atoms with van der Waals surface area (Å²) in [6.45, 7) is 13.6. The first kappa shape index (κ1) is 13.7. The Morgan fingerprint density at radius 2 is 1.94 bits per heavy atom. The van der Waals surface area contributed by atoms with E-state index in [1.807, 2.05) is 11.6 Å². The van der Waals surface area contributed by atoms with E-state index >= 15 is 0 Å². The monoisotopic (exact) mass is 240 g/mol. The number of hydrogen-bond donors (Lipinski definition) is 1. The molecule has 1 N–H and O–H groups in total. The quantitative estimate of drug-likeness (QED) is 0.860. The fourth-order valence-corrected chi connectivity index (χ4v) is 3.12. The zero-order valence-corrected chi connectivity index (χ0v) is 12.1. The van der Waals surface area contributed by atoms with Gasteiger partial charge in [0, 0.05) is 17.1 Å². The van der Waals surface area contributed by atoms with Crippen molar-refractivity contribution in [1.82, 2.24) is 10.3 Å². The summed E-state index contributed by atoms with van der Waals surface area (Å²) in [4.78, 5) is 4.35. The largest absolute Gasteiger partial charge is 0.303 e. The molecule has 1 rings (SSSR count). The third kappa shape index (κ3) is 4.62. The molecule has 0 aliphatic carbocycles. The van der Waals surface area contributed by atoms with Gasteiger partial charge in [-0.3, -0.25) is 0 Å². The summed E-state index contributed by atoms with van der Waals surface area (Å²) in [5.41, 5.74) is 0.489. The summed E-state index contributed by atoms with van der Waals surface area (Å²) in [6.07, 6.45) is 3.02. The molecule has 1 atom stereocenters. The SMILES string of the molecule is CC(NC(C)(C)CC(C)(C)C)c1nccs1. The van der Waals surface area contributed by atoms with Crippen molar-refractivity contribution < 1.29 is 0 Å². The van der Waals surface area contributed by atoms with Crippen LogP contribution >= 0.6 is 11.3 Å². The Labute approximate surface area is 103 Å². The van der Waals surface area contributed by atoms with Crippen molar-refractivity contribution in [3.05, 3.63) is 16.6 Å². The van der Waals surface area contributed by atoms with Gasteiger partial charge in [0.15, 0.2) is 0 Å². The molecule has 0 saturated carbocycles. The van der Waals surface area contributed by atoms with E-state index in [0.29, 0.717) is 11.5 Å². The van der Waals surface area contributed by atoms with Gasteiger partial charge in [-0.25, -0.2) is 4.98 Å². The van der Waals surface area contributed by atoms with Crippen LogP contribution in [0.1, 0.15) is 59.0 Å². The molecule has 0 spiro atoms. The van der Waals surface area contributed by atoms with Crippen molar-refractivity contribution in [2.75, 3.05) is 0 Å². The summed E-state index contributed by atoms with van der Waals surface area (Å²) in [7, 11) is 0. The number of nitrogens with zero attached hydrogens (tertiary/aromatic N) is 1. The van der Waals surface area contributed by atoms with Crippen molar-refractivity contribution in [2.24, 2.45) is 5.41 Å². The average molecular weight is 240 g/mol. The number of thiazole rings is 1. The smallest absolute Gasteiger partial charge is 0.109 e. The molecule has 3 heteroatoms. The third-order valence-electron chi connectivity index (χ3n) is 2.40. The molecule has 1 unspecified atom stereocenters. The van der Waals surface area contributed by atoms with Crippen LogP contribution in [0, 0.1) is 5.41 Å². The fourth-order valence-electron chi connectivity index (χ4n) is 2.47. The third-order valence-corrected chi connectivity index (χ3v) is 3.36. The molecule has 0 fully saturated rings. The zero-order valence-electron chi connectivity index (χ0n) is 11.3. The molecule has 0 bridgehead atoms.